The molecule has 0 radical (unpaired) electrons. The van der Waals surface area contributed by atoms with E-state index in [-0.39, 0.29) is 18.0 Å². The van der Waals surface area contributed by atoms with Gasteiger partial charge in [-0.3, -0.25) is 14.9 Å². The minimum absolute atomic E-state index is 0.0132. The molecule has 2 aromatic rings. The van der Waals surface area contributed by atoms with Crippen LogP contribution in [-0.2, 0) is 17.8 Å². The lowest BCUT2D eigenvalue weighted by Crippen LogP contribution is -2.25. The molecule has 1 amide bonds. The molecular weight excluding hydrogens is 288 g/mol. The predicted molar refractivity (Wildman–Crippen MR) is 82.4 cm³/mol. The van der Waals surface area contributed by atoms with Crippen LogP contribution in [0.4, 0.5) is 5.69 Å². The van der Waals surface area contributed by atoms with Gasteiger partial charge in [-0.25, -0.2) is 0 Å². The van der Waals surface area contributed by atoms with E-state index >= 15 is 0 Å². The van der Waals surface area contributed by atoms with Crippen LogP contribution in [0.3, 0.4) is 0 Å². The fourth-order valence-corrected chi connectivity index (χ4v) is 2.89. The molecule has 1 N–H and O–H groups in total. The second-order valence-electron chi connectivity index (χ2n) is 4.78. The highest BCUT2D eigenvalue weighted by atomic mass is 32.1. The van der Waals surface area contributed by atoms with Gasteiger partial charge in [0.15, 0.2) is 0 Å². The summed E-state index contributed by atoms with van der Waals surface area (Å²) in [6.07, 6.45) is 0.0132. The molecule has 0 atom stereocenters. The molecular formula is C15H16N2O3S. The molecule has 0 fully saturated rings. The first-order chi connectivity index (χ1) is 9.99. The molecule has 5 nitrogen and oxygen atoms in total. The average molecular weight is 304 g/mol. The molecule has 6 heteroatoms. The fourth-order valence-electron chi connectivity index (χ4n) is 2.00. The van der Waals surface area contributed by atoms with E-state index in [4.69, 9.17) is 0 Å². The topological polar surface area (TPSA) is 72.2 Å². The number of nitrogens with one attached hydrogen (secondary N) is 1. The highest BCUT2D eigenvalue weighted by Gasteiger charge is 2.15. The van der Waals surface area contributed by atoms with Crippen molar-refractivity contribution in [3.63, 3.8) is 0 Å². The van der Waals surface area contributed by atoms with Gasteiger partial charge in [0.25, 0.3) is 5.69 Å². The minimum Gasteiger partial charge on any atom is -0.352 e. The van der Waals surface area contributed by atoms with Crippen LogP contribution in [-0.4, -0.2) is 10.8 Å². The number of carbonyl (C=O) groups excluding carboxylic acids is 1. The summed E-state index contributed by atoms with van der Waals surface area (Å²) in [6, 6.07) is 6.31. The van der Waals surface area contributed by atoms with E-state index < -0.39 is 4.92 Å². The molecule has 0 bridgehead atoms. The summed E-state index contributed by atoms with van der Waals surface area (Å²) in [4.78, 5) is 23.6. The average Bonchev–Trinajstić information content (AvgIpc) is 2.77. The van der Waals surface area contributed by atoms with Crippen molar-refractivity contribution < 1.29 is 9.72 Å². The maximum Gasteiger partial charge on any atom is 0.273 e. The smallest absolute Gasteiger partial charge is 0.273 e. The molecule has 1 heterocycles. The van der Waals surface area contributed by atoms with E-state index in [0.29, 0.717) is 12.1 Å². The summed E-state index contributed by atoms with van der Waals surface area (Å²) in [5, 5.41) is 15.7. The molecule has 1 aromatic heterocycles. The van der Waals surface area contributed by atoms with Crippen molar-refractivity contribution in [3.8, 4) is 0 Å². The van der Waals surface area contributed by atoms with Crippen LogP contribution in [0.2, 0.25) is 0 Å². The third kappa shape index (κ3) is 3.66. The van der Waals surface area contributed by atoms with Crippen molar-refractivity contribution in [1.29, 1.82) is 0 Å². The van der Waals surface area contributed by atoms with Crippen LogP contribution in [0.25, 0.3) is 0 Å². The fraction of sp³-hybridized carbons (Fsp3) is 0.267. The lowest BCUT2D eigenvalue weighted by Gasteiger charge is -2.06. The summed E-state index contributed by atoms with van der Waals surface area (Å²) >= 11 is 1.65. The van der Waals surface area contributed by atoms with E-state index in [1.54, 1.807) is 29.5 Å². The Hall–Kier alpha value is -2.21. The molecule has 0 saturated heterocycles. The van der Waals surface area contributed by atoms with Crippen LogP contribution >= 0.6 is 11.3 Å². The second-order valence-corrected chi connectivity index (χ2v) is 5.87. The lowest BCUT2D eigenvalue weighted by atomic mass is 10.1. The van der Waals surface area contributed by atoms with Gasteiger partial charge in [-0.15, -0.1) is 11.3 Å². The number of aryl methyl sites for hydroxylation is 1. The van der Waals surface area contributed by atoms with E-state index in [9.17, 15) is 14.9 Å². The van der Waals surface area contributed by atoms with Crippen molar-refractivity contribution in [2.45, 2.75) is 26.8 Å². The number of hydrogen-bond donors (Lipinski definition) is 1. The first-order valence-electron chi connectivity index (χ1n) is 6.51. The number of rotatable bonds is 5. The summed E-state index contributed by atoms with van der Waals surface area (Å²) in [5.74, 6) is -0.215. The zero-order chi connectivity index (χ0) is 15.4. The Morgan fingerprint density at radius 1 is 1.29 bits per heavy atom. The van der Waals surface area contributed by atoms with Gasteiger partial charge >= 0.3 is 0 Å². The number of para-hydroxylation sites is 1. The van der Waals surface area contributed by atoms with Crippen molar-refractivity contribution in [2.24, 2.45) is 0 Å². The normalized spacial score (nSPS) is 10.4. The largest absolute Gasteiger partial charge is 0.352 e. The van der Waals surface area contributed by atoms with Crippen LogP contribution in [0.15, 0.2) is 29.6 Å². The van der Waals surface area contributed by atoms with Crippen molar-refractivity contribution >= 4 is 22.9 Å². The van der Waals surface area contributed by atoms with Crippen LogP contribution in [0.1, 0.15) is 21.6 Å². The predicted octanol–water partition coefficient (Wildman–Crippen LogP) is 3.13. The zero-order valence-corrected chi connectivity index (χ0v) is 12.7. The summed E-state index contributed by atoms with van der Waals surface area (Å²) in [5.41, 5.74) is 2.69. The molecule has 0 spiro atoms. The summed E-state index contributed by atoms with van der Waals surface area (Å²) in [6.45, 7) is 4.52. The molecule has 2 rings (SSSR count). The quantitative estimate of drug-likeness (QED) is 0.681. The Balaban J connectivity index is 1.99. The molecule has 21 heavy (non-hydrogen) atoms. The van der Waals surface area contributed by atoms with Crippen molar-refractivity contribution in [3.05, 3.63) is 61.3 Å². The molecule has 0 aliphatic heterocycles. The highest BCUT2D eigenvalue weighted by molar-refractivity contribution is 7.10. The first kappa shape index (κ1) is 15.2. The monoisotopic (exact) mass is 304 g/mol. The number of nitro benzene ring substituents is 1. The van der Waals surface area contributed by atoms with E-state index in [1.165, 1.54) is 16.5 Å². The second kappa shape index (κ2) is 6.49. The Morgan fingerprint density at radius 2 is 2.00 bits per heavy atom. The van der Waals surface area contributed by atoms with Gasteiger partial charge in [0, 0.05) is 23.1 Å². The lowest BCUT2D eigenvalue weighted by molar-refractivity contribution is -0.385. The number of benzene rings is 1. The number of nitrogens with zero attached hydrogens (tertiary/aromatic N) is 1. The van der Waals surface area contributed by atoms with Gasteiger partial charge in [-0.1, -0.05) is 18.2 Å². The van der Waals surface area contributed by atoms with E-state index in [0.717, 1.165) is 5.56 Å². The third-order valence-electron chi connectivity index (χ3n) is 3.40. The number of nitro groups is 1. The summed E-state index contributed by atoms with van der Waals surface area (Å²) < 4.78 is 0. The Kier molecular flexibility index (Phi) is 4.70. The molecule has 0 aliphatic carbocycles. The van der Waals surface area contributed by atoms with Crippen LogP contribution in [0, 0.1) is 24.0 Å². The van der Waals surface area contributed by atoms with Gasteiger partial charge in [0.1, 0.15) is 0 Å². The summed E-state index contributed by atoms with van der Waals surface area (Å²) in [7, 11) is 0. The number of carbonyl (C=O) groups is 1. The number of thiophene rings is 1. The first-order valence-corrected chi connectivity index (χ1v) is 7.39. The van der Waals surface area contributed by atoms with Crippen LogP contribution in [0.5, 0.6) is 0 Å². The molecule has 0 unspecified atom stereocenters. The number of hydrogen-bond acceptors (Lipinski definition) is 4. The Labute approximate surface area is 126 Å². The van der Waals surface area contributed by atoms with E-state index in [2.05, 4.69) is 5.32 Å². The number of amides is 1. The van der Waals surface area contributed by atoms with Gasteiger partial charge in [-0.05, 0) is 30.4 Å². The molecule has 1 aromatic carbocycles. The van der Waals surface area contributed by atoms with Gasteiger partial charge in [0.2, 0.25) is 5.91 Å². The van der Waals surface area contributed by atoms with Crippen LogP contribution < -0.4 is 5.32 Å². The van der Waals surface area contributed by atoms with Gasteiger partial charge in [-0.2, -0.15) is 0 Å². The highest BCUT2D eigenvalue weighted by Crippen LogP contribution is 2.21. The zero-order valence-electron chi connectivity index (χ0n) is 11.9. The third-order valence-corrected chi connectivity index (χ3v) is 4.47. The maximum absolute atomic E-state index is 11.9. The van der Waals surface area contributed by atoms with Crippen molar-refractivity contribution in [1.82, 2.24) is 5.32 Å². The van der Waals surface area contributed by atoms with Gasteiger partial charge < -0.3 is 5.32 Å². The van der Waals surface area contributed by atoms with Gasteiger partial charge in [0.05, 0.1) is 11.3 Å². The Morgan fingerprint density at radius 3 is 2.62 bits per heavy atom. The van der Waals surface area contributed by atoms with E-state index in [1.807, 2.05) is 19.2 Å². The molecule has 0 saturated carbocycles. The molecule has 0 aliphatic rings. The minimum atomic E-state index is -0.463. The SMILES string of the molecule is Cc1scc(CNC(=O)Cc2ccccc2[N+](=O)[O-])c1C. The maximum atomic E-state index is 11.9. The Bertz CT molecular complexity index is 679. The molecule has 110 valence electrons. The van der Waals surface area contributed by atoms with Crippen molar-refractivity contribution in [2.75, 3.05) is 0 Å². The standard InChI is InChI=1S/C15H16N2O3S/c1-10-11(2)21-9-13(10)8-16-15(18)7-12-5-3-4-6-14(12)17(19)20/h3-6,9H,7-8H2,1-2H3,(H,16,18).